The topological polar surface area (TPSA) is 76.0 Å². The summed E-state index contributed by atoms with van der Waals surface area (Å²) in [4.78, 5) is 11.0. The second-order valence-corrected chi connectivity index (χ2v) is 5.43. The summed E-state index contributed by atoms with van der Waals surface area (Å²) in [6, 6.07) is 0. The minimum atomic E-state index is -1.45. The number of benzene rings is 1. The highest BCUT2D eigenvalue weighted by molar-refractivity contribution is 5.70. The van der Waals surface area contributed by atoms with Crippen molar-refractivity contribution in [2.24, 2.45) is 0 Å². The Balaban J connectivity index is 3.40. The molecular formula is C18H28O5. The molecular weight excluding hydrogens is 296 g/mol. The normalized spacial score (nSPS) is 10.6. The van der Waals surface area contributed by atoms with Crippen molar-refractivity contribution in [3.8, 4) is 17.2 Å². The van der Waals surface area contributed by atoms with Gasteiger partial charge in [-0.05, 0) is 31.2 Å². The summed E-state index contributed by atoms with van der Waals surface area (Å²) in [6.45, 7) is 8.53. The molecule has 0 amide bonds. The third-order valence-electron chi connectivity index (χ3n) is 3.95. The number of phenols is 1. The van der Waals surface area contributed by atoms with Gasteiger partial charge >= 0.3 is 6.16 Å². The van der Waals surface area contributed by atoms with Crippen molar-refractivity contribution < 1.29 is 24.5 Å². The van der Waals surface area contributed by atoms with Gasteiger partial charge in [0, 0.05) is 11.1 Å². The molecule has 1 rings (SSSR count). The van der Waals surface area contributed by atoms with Crippen LogP contribution in [0.15, 0.2) is 0 Å². The molecule has 0 bridgehead atoms. The third kappa shape index (κ3) is 4.53. The van der Waals surface area contributed by atoms with E-state index in [1.54, 1.807) is 0 Å². The molecule has 0 aliphatic rings. The summed E-state index contributed by atoms with van der Waals surface area (Å²) in [5.74, 6) is 0.187. The average molecular weight is 324 g/mol. The number of hydrogen-bond donors (Lipinski definition) is 2. The van der Waals surface area contributed by atoms with Crippen molar-refractivity contribution in [3.05, 3.63) is 16.7 Å². The van der Waals surface area contributed by atoms with Gasteiger partial charge < -0.3 is 19.7 Å². The summed E-state index contributed by atoms with van der Waals surface area (Å²) in [6.07, 6.45) is 3.58. The molecule has 1 aromatic carbocycles. The fourth-order valence-electron chi connectivity index (χ4n) is 2.89. The van der Waals surface area contributed by atoms with Crippen molar-refractivity contribution in [1.82, 2.24) is 0 Å². The number of phenolic OH excluding ortho intramolecular Hbond substituents is 1. The molecule has 2 N–H and O–H groups in total. The van der Waals surface area contributed by atoms with Crippen molar-refractivity contribution in [2.75, 3.05) is 6.61 Å². The second kappa shape index (κ2) is 9.28. The largest absolute Gasteiger partial charge is 0.511 e. The standard InChI is InChI=1S/C18H28O5/c1-5-9-10-11-22-16-14(8-4)12(6-2)13(7-3)15(19)17(16)23-18(20)21/h19H,5-11H2,1-4H3,(H,20,21). The zero-order valence-electron chi connectivity index (χ0n) is 14.6. The maximum atomic E-state index is 11.0. The Hall–Kier alpha value is -1.91. The van der Waals surface area contributed by atoms with E-state index in [1.165, 1.54) is 0 Å². The first kappa shape index (κ1) is 19.1. The molecule has 0 aromatic heterocycles. The average Bonchev–Trinajstić information content (AvgIpc) is 2.53. The molecule has 0 spiro atoms. The lowest BCUT2D eigenvalue weighted by Gasteiger charge is -2.21. The van der Waals surface area contributed by atoms with Crippen LogP contribution in [0.1, 0.15) is 63.6 Å². The Kier molecular flexibility index (Phi) is 7.72. The van der Waals surface area contributed by atoms with E-state index < -0.39 is 6.16 Å². The van der Waals surface area contributed by atoms with Crippen molar-refractivity contribution in [1.29, 1.82) is 0 Å². The van der Waals surface area contributed by atoms with Crippen LogP contribution in [0.5, 0.6) is 17.2 Å². The van der Waals surface area contributed by atoms with E-state index in [9.17, 15) is 9.90 Å². The number of hydrogen-bond acceptors (Lipinski definition) is 4. The van der Waals surface area contributed by atoms with Gasteiger partial charge in [0.25, 0.3) is 0 Å². The summed E-state index contributed by atoms with van der Waals surface area (Å²) >= 11 is 0. The summed E-state index contributed by atoms with van der Waals surface area (Å²) in [5.41, 5.74) is 2.69. The minimum Gasteiger partial charge on any atom is -0.504 e. The first-order valence-electron chi connectivity index (χ1n) is 8.44. The van der Waals surface area contributed by atoms with Crippen LogP contribution in [-0.2, 0) is 19.3 Å². The van der Waals surface area contributed by atoms with Crippen LogP contribution in [0.3, 0.4) is 0 Å². The molecule has 0 aliphatic carbocycles. The minimum absolute atomic E-state index is 0.0695. The quantitative estimate of drug-likeness (QED) is 0.391. The fourth-order valence-corrected chi connectivity index (χ4v) is 2.89. The van der Waals surface area contributed by atoms with E-state index in [2.05, 4.69) is 6.92 Å². The molecule has 0 aliphatic heterocycles. The number of unbranched alkanes of at least 4 members (excludes halogenated alkanes) is 2. The molecule has 0 fully saturated rings. The lowest BCUT2D eigenvalue weighted by Crippen LogP contribution is -2.11. The summed E-state index contributed by atoms with van der Waals surface area (Å²) < 4.78 is 10.7. The molecule has 5 heteroatoms. The van der Waals surface area contributed by atoms with E-state index in [0.717, 1.165) is 42.4 Å². The Morgan fingerprint density at radius 1 is 0.913 bits per heavy atom. The molecule has 0 atom stereocenters. The van der Waals surface area contributed by atoms with Crippen molar-refractivity contribution in [2.45, 2.75) is 66.2 Å². The first-order chi connectivity index (χ1) is 11.0. The lowest BCUT2D eigenvalue weighted by atomic mass is 9.93. The maximum absolute atomic E-state index is 11.0. The molecule has 130 valence electrons. The molecule has 0 heterocycles. The van der Waals surface area contributed by atoms with Gasteiger partial charge in [-0.15, -0.1) is 0 Å². The Morgan fingerprint density at radius 3 is 2.00 bits per heavy atom. The van der Waals surface area contributed by atoms with Crippen LogP contribution in [0.2, 0.25) is 0 Å². The highest BCUT2D eigenvalue weighted by Gasteiger charge is 2.25. The van der Waals surface area contributed by atoms with Crippen LogP contribution < -0.4 is 9.47 Å². The Morgan fingerprint density at radius 2 is 1.52 bits per heavy atom. The lowest BCUT2D eigenvalue weighted by molar-refractivity contribution is 0.140. The Labute approximate surface area is 138 Å². The number of rotatable bonds is 9. The van der Waals surface area contributed by atoms with E-state index in [0.29, 0.717) is 25.2 Å². The van der Waals surface area contributed by atoms with Gasteiger partial charge in [0.15, 0.2) is 11.5 Å². The van der Waals surface area contributed by atoms with Gasteiger partial charge in [0.05, 0.1) is 6.61 Å². The highest BCUT2D eigenvalue weighted by atomic mass is 16.7. The molecule has 1 aromatic rings. The van der Waals surface area contributed by atoms with E-state index in [1.807, 2.05) is 20.8 Å². The Bertz CT molecular complexity index is 537. The molecule has 0 saturated carbocycles. The van der Waals surface area contributed by atoms with E-state index in [-0.39, 0.29) is 11.5 Å². The number of carbonyl (C=O) groups is 1. The maximum Gasteiger partial charge on any atom is 0.511 e. The number of ether oxygens (including phenoxy) is 2. The first-order valence-corrected chi connectivity index (χ1v) is 8.44. The fraction of sp³-hybridized carbons (Fsp3) is 0.611. The molecule has 0 saturated heterocycles. The van der Waals surface area contributed by atoms with Crippen molar-refractivity contribution in [3.63, 3.8) is 0 Å². The van der Waals surface area contributed by atoms with Crippen LogP contribution in [-0.4, -0.2) is 23.0 Å². The predicted octanol–water partition coefficient (Wildman–Crippen LogP) is 4.71. The summed E-state index contributed by atoms with van der Waals surface area (Å²) in [5, 5.41) is 19.5. The van der Waals surface area contributed by atoms with Gasteiger partial charge in [0.2, 0.25) is 5.75 Å². The van der Waals surface area contributed by atoms with Gasteiger partial charge in [-0.2, -0.15) is 0 Å². The van der Waals surface area contributed by atoms with Gasteiger partial charge in [0.1, 0.15) is 0 Å². The number of carboxylic acid groups (broad SMARTS) is 1. The molecule has 0 radical (unpaired) electrons. The molecule has 23 heavy (non-hydrogen) atoms. The predicted molar refractivity (Wildman–Crippen MR) is 89.9 cm³/mol. The molecule has 0 unspecified atom stereocenters. The van der Waals surface area contributed by atoms with Crippen LogP contribution in [0, 0.1) is 0 Å². The third-order valence-corrected chi connectivity index (χ3v) is 3.95. The van der Waals surface area contributed by atoms with E-state index >= 15 is 0 Å². The highest BCUT2D eigenvalue weighted by Crippen LogP contribution is 2.46. The van der Waals surface area contributed by atoms with Gasteiger partial charge in [-0.1, -0.05) is 40.5 Å². The van der Waals surface area contributed by atoms with E-state index in [4.69, 9.17) is 14.6 Å². The second-order valence-electron chi connectivity index (χ2n) is 5.43. The van der Waals surface area contributed by atoms with Gasteiger partial charge in [-0.3, -0.25) is 0 Å². The van der Waals surface area contributed by atoms with Crippen LogP contribution >= 0.6 is 0 Å². The van der Waals surface area contributed by atoms with Gasteiger partial charge in [-0.25, -0.2) is 4.79 Å². The van der Waals surface area contributed by atoms with Crippen LogP contribution in [0.4, 0.5) is 4.79 Å². The molecule has 5 nitrogen and oxygen atoms in total. The SMILES string of the molecule is CCCCCOc1c(CC)c(CC)c(CC)c(O)c1OC(=O)O. The summed E-state index contributed by atoms with van der Waals surface area (Å²) in [7, 11) is 0. The van der Waals surface area contributed by atoms with Crippen molar-refractivity contribution >= 4 is 6.16 Å². The zero-order chi connectivity index (χ0) is 17.4. The monoisotopic (exact) mass is 324 g/mol. The zero-order valence-corrected chi connectivity index (χ0v) is 14.6. The smallest absolute Gasteiger partial charge is 0.504 e. The van der Waals surface area contributed by atoms with Crippen LogP contribution in [0.25, 0.3) is 0 Å². The number of aromatic hydroxyl groups is 1.